The van der Waals surface area contributed by atoms with E-state index in [1.54, 1.807) is 32.2 Å². The Morgan fingerprint density at radius 2 is 2.27 bits per heavy atom. The maximum Gasteiger partial charge on any atom is 0.411 e. The highest BCUT2D eigenvalue weighted by molar-refractivity contribution is 9.10. The summed E-state index contributed by atoms with van der Waals surface area (Å²) in [5.74, 6) is 0.712. The Hall–Kier alpha value is -1.23. The van der Waals surface area contributed by atoms with E-state index in [2.05, 4.69) is 21.2 Å². The fourth-order valence-electron chi connectivity index (χ4n) is 1.03. The van der Waals surface area contributed by atoms with Gasteiger partial charge in [-0.15, -0.1) is 0 Å². The van der Waals surface area contributed by atoms with Gasteiger partial charge in [0, 0.05) is 5.69 Å². The van der Waals surface area contributed by atoms with Crippen LogP contribution in [0.25, 0.3) is 0 Å². The van der Waals surface area contributed by atoms with Crippen LogP contribution in [-0.4, -0.2) is 19.8 Å². The van der Waals surface area contributed by atoms with E-state index in [9.17, 15) is 4.79 Å². The molecule has 15 heavy (non-hydrogen) atoms. The fraction of sp³-hybridized carbons (Fsp3) is 0.300. The summed E-state index contributed by atoms with van der Waals surface area (Å²) in [6.07, 6.45) is -0.463. The Balaban J connectivity index is 2.71. The summed E-state index contributed by atoms with van der Waals surface area (Å²) >= 11 is 3.32. The average molecular weight is 274 g/mol. The molecule has 0 saturated heterocycles. The number of methoxy groups -OCH3 is 1. The average Bonchev–Trinajstić information content (AvgIpc) is 2.18. The van der Waals surface area contributed by atoms with Gasteiger partial charge >= 0.3 is 6.09 Å². The Morgan fingerprint density at radius 1 is 1.53 bits per heavy atom. The van der Waals surface area contributed by atoms with Crippen LogP contribution in [0.1, 0.15) is 6.92 Å². The third-order valence-corrected chi connectivity index (χ3v) is 2.29. The molecule has 0 aliphatic carbocycles. The van der Waals surface area contributed by atoms with Gasteiger partial charge in [-0.1, -0.05) is 0 Å². The summed E-state index contributed by atoms with van der Waals surface area (Å²) in [5.41, 5.74) is 0.654. The summed E-state index contributed by atoms with van der Waals surface area (Å²) in [7, 11) is 1.58. The first kappa shape index (κ1) is 11.8. The van der Waals surface area contributed by atoms with Gasteiger partial charge in [0.2, 0.25) is 0 Å². The lowest BCUT2D eigenvalue weighted by Crippen LogP contribution is -2.13. The topological polar surface area (TPSA) is 47.6 Å². The molecule has 0 fully saturated rings. The Morgan fingerprint density at radius 3 is 2.80 bits per heavy atom. The van der Waals surface area contributed by atoms with Crippen molar-refractivity contribution < 1.29 is 14.3 Å². The molecule has 0 saturated carbocycles. The monoisotopic (exact) mass is 273 g/mol. The van der Waals surface area contributed by atoms with Crippen molar-refractivity contribution in [3.63, 3.8) is 0 Å². The fourth-order valence-corrected chi connectivity index (χ4v) is 1.57. The maximum atomic E-state index is 11.1. The lowest BCUT2D eigenvalue weighted by Gasteiger charge is -2.07. The van der Waals surface area contributed by atoms with Crippen molar-refractivity contribution in [2.24, 2.45) is 0 Å². The van der Waals surface area contributed by atoms with Crippen molar-refractivity contribution >= 4 is 27.7 Å². The van der Waals surface area contributed by atoms with Crippen LogP contribution < -0.4 is 10.1 Å². The lowest BCUT2D eigenvalue weighted by molar-refractivity contribution is 0.168. The molecule has 0 bridgehead atoms. The zero-order chi connectivity index (χ0) is 11.3. The van der Waals surface area contributed by atoms with Crippen LogP contribution >= 0.6 is 15.9 Å². The highest BCUT2D eigenvalue weighted by Crippen LogP contribution is 2.27. The van der Waals surface area contributed by atoms with Crippen LogP contribution in [0, 0.1) is 0 Å². The van der Waals surface area contributed by atoms with Gasteiger partial charge in [-0.3, -0.25) is 5.32 Å². The zero-order valence-corrected chi connectivity index (χ0v) is 10.1. The molecule has 0 aliphatic rings. The minimum atomic E-state index is -0.463. The van der Waals surface area contributed by atoms with Crippen molar-refractivity contribution in [3.8, 4) is 5.75 Å². The van der Waals surface area contributed by atoms with Crippen molar-refractivity contribution in [1.82, 2.24) is 0 Å². The molecule has 0 aromatic heterocycles. The number of carbonyl (C=O) groups excluding carboxylic acids is 1. The number of rotatable bonds is 3. The number of carbonyl (C=O) groups is 1. The van der Waals surface area contributed by atoms with Crippen LogP contribution in [0.2, 0.25) is 0 Å². The van der Waals surface area contributed by atoms with Crippen LogP contribution in [0.4, 0.5) is 10.5 Å². The molecule has 0 spiro atoms. The molecule has 0 aliphatic heterocycles. The van der Waals surface area contributed by atoms with Gasteiger partial charge in [0.15, 0.2) is 0 Å². The molecule has 0 radical (unpaired) electrons. The van der Waals surface area contributed by atoms with E-state index in [-0.39, 0.29) is 0 Å². The molecule has 0 unspecified atom stereocenters. The molecule has 5 heteroatoms. The van der Waals surface area contributed by atoms with E-state index in [0.29, 0.717) is 18.0 Å². The molecule has 1 aromatic carbocycles. The molecule has 4 nitrogen and oxygen atoms in total. The summed E-state index contributed by atoms with van der Waals surface area (Å²) < 4.78 is 10.6. The molecule has 1 aromatic rings. The predicted molar refractivity (Wildman–Crippen MR) is 61.3 cm³/mol. The molecule has 82 valence electrons. The van der Waals surface area contributed by atoms with Gasteiger partial charge in [-0.25, -0.2) is 4.79 Å². The molecule has 0 atom stereocenters. The molecule has 0 heterocycles. The van der Waals surface area contributed by atoms with Crippen LogP contribution in [0.3, 0.4) is 0 Å². The molecular formula is C10H12BrNO3. The van der Waals surface area contributed by atoms with Gasteiger partial charge in [0.05, 0.1) is 18.2 Å². The van der Waals surface area contributed by atoms with E-state index in [0.717, 1.165) is 4.47 Å². The maximum absolute atomic E-state index is 11.1. The summed E-state index contributed by atoms with van der Waals surface area (Å²) in [6, 6.07) is 5.24. The Labute approximate surface area is 96.7 Å². The summed E-state index contributed by atoms with van der Waals surface area (Å²) in [6.45, 7) is 2.10. The number of hydrogen-bond donors (Lipinski definition) is 1. The third-order valence-electron chi connectivity index (χ3n) is 1.67. The molecule has 1 amide bonds. The van der Waals surface area contributed by atoms with Crippen LogP contribution in [0.5, 0.6) is 5.75 Å². The quantitative estimate of drug-likeness (QED) is 0.921. The van der Waals surface area contributed by atoms with Crippen molar-refractivity contribution in [2.75, 3.05) is 19.0 Å². The minimum absolute atomic E-state index is 0.350. The number of ether oxygens (including phenoxy) is 2. The van der Waals surface area contributed by atoms with Gasteiger partial charge in [0.25, 0.3) is 0 Å². The molecule has 1 rings (SSSR count). The number of halogens is 1. The zero-order valence-electron chi connectivity index (χ0n) is 8.54. The summed E-state index contributed by atoms with van der Waals surface area (Å²) in [4.78, 5) is 11.1. The number of amides is 1. The number of hydrogen-bond acceptors (Lipinski definition) is 3. The van der Waals surface area contributed by atoms with E-state index in [1.807, 2.05) is 0 Å². The third kappa shape index (κ3) is 3.43. The number of benzene rings is 1. The predicted octanol–water partition coefficient (Wildman–Crippen LogP) is 3.03. The van der Waals surface area contributed by atoms with Gasteiger partial charge in [-0.2, -0.15) is 0 Å². The Bertz CT molecular complexity index is 355. The van der Waals surface area contributed by atoms with E-state index < -0.39 is 6.09 Å². The second-order valence-corrected chi connectivity index (χ2v) is 3.55. The lowest BCUT2D eigenvalue weighted by atomic mass is 10.3. The molecular weight excluding hydrogens is 262 g/mol. The summed E-state index contributed by atoms with van der Waals surface area (Å²) in [5, 5.41) is 2.59. The second kappa shape index (κ2) is 5.60. The first-order valence-electron chi connectivity index (χ1n) is 4.44. The highest BCUT2D eigenvalue weighted by Gasteiger charge is 2.04. The normalized spacial score (nSPS) is 9.53. The van der Waals surface area contributed by atoms with Crippen molar-refractivity contribution in [1.29, 1.82) is 0 Å². The van der Waals surface area contributed by atoms with E-state index in [4.69, 9.17) is 9.47 Å². The van der Waals surface area contributed by atoms with Crippen molar-refractivity contribution in [3.05, 3.63) is 22.7 Å². The van der Waals surface area contributed by atoms with Gasteiger partial charge < -0.3 is 9.47 Å². The minimum Gasteiger partial charge on any atom is -0.496 e. The number of anilines is 1. The van der Waals surface area contributed by atoms with Gasteiger partial charge in [0.1, 0.15) is 5.75 Å². The highest BCUT2D eigenvalue weighted by atomic mass is 79.9. The largest absolute Gasteiger partial charge is 0.496 e. The van der Waals surface area contributed by atoms with Crippen LogP contribution in [-0.2, 0) is 4.74 Å². The van der Waals surface area contributed by atoms with Crippen LogP contribution in [0.15, 0.2) is 22.7 Å². The first-order valence-corrected chi connectivity index (χ1v) is 5.24. The van der Waals surface area contributed by atoms with Gasteiger partial charge in [-0.05, 0) is 41.1 Å². The first-order chi connectivity index (χ1) is 7.17. The Kier molecular flexibility index (Phi) is 4.42. The second-order valence-electron chi connectivity index (χ2n) is 2.69. The number of nitrogens with one attached hydrogen (secondary N) is 1. The van der Waals surface area contributed by atoms with E-state index >= 15 is 0 Å². The smallest absolute Gasteiger partial charge is 0.411 e. The van der Waals surface area contributed by atoms with E-state index in [1.165, 1.54) is 0 Å². The SMILES string of the molecule is CCOC(=O)Nc1ccc(OC)c(Br)c1. The molecule has 1 N–H and O–H groups in total. The van der Waals surface area contributed by atoms with Crippen molar-refractivity contribution in [2.45, 2.75) is 6.92 Å². The standard InChI is InChI=1S/C10H12BrNO3/c1-3-15-10(13)12-7-4-5-9(14-2)8(11)6-7/h4-6H,3H2,1-2H3,(H,12,13).